The third-order valence-electron chi connectivity index (χ3n) is 2.27. The summed E-state index contributed by atoms with van der Waals surface area (Å²) >= 11 is 0. The highest BCUT2D eigenvalue weighted by molar-refractivity contribution is 5.69. The summed E-state index contributed by atoms with van der Waals surface area (Å²) < 4.78 is 1.26. The number of imidazole rings is 1. The minimum absolute atomic E-state index is 0.0916. The lowest BCUT2D eigenvalue weighted by Gasteiger charge is -2.14. The number of nitrogens with zero attached hydrogens (tertiary/aromatic N) is 3. The second kappa shape index (κ2) is 3.35. The lowest BCUT2D eigenvalue weighted by Crippen LogP contribution is -2.32. The Morgan fingerprint density at radius 3 is 3.07 bits per heavy atom. The van der Waals surface area contributed by atoms with E-state index in [1.165, 1.54) is 10.9 Å². The van der Waals surface area contributed by atoms with Gasteiger partial charge in [0, 0.05) is 0 Å². The van der Waals surface area contributed by atoms with Crippen molar-refractivity contribution in [1.82, 2.24) is 19.5 Å². The van der Waals surface area contributed by atoms with Gasteiger partial charge in [-0.1, -0.05) is 6.92 Å². The highest BCUT2D eigenvalue weighted by atomic mass is 16.1. The third-order valence-corrected chi connectivity index (χ3v) is 2.27. The van der Waals surface area contributed by atoms with E-state index in [1.54, 1.807) is 0 Å². The van der Waals surface area contributed by atoms with Gasteiger partial charge in [-0.2, -0.15) is 4.98 Å². The van der Waals surface area contributed by atoms with E-state index < -0.39 is 6.17 Å². The number of rotatable bonds is 2. The van der Waals surface area contributed by atoms with Gasteiger partial charge in [-0.25, -0.2) is 4.98 Å². The monoisotopic (exact) mass is 208 g/mol. The van der Waals surface area contributed by atoms with Crippen molar-refractivity contribution in [3.63, 3.8) is 0 Å². The van der Waals surface area contributed by atoms with Crippen LogP contribution in [0.1, 0.15) is 19.5 Å². The molecule has 0 fully saturated rings. The second-order valence-corrected chi connectivity index (χ2v) is 3.22. The van der Waals surface area contributed by atoms with Gasteiger partial charge in [-0.05, 0) is 6.42 Å². The SMILES string of the molecule is CCC(N)n1c(N)nc2nc[nH]c2c1=O. The topological polar surface area (TPSA) is 116 Å². The molecule has 0 spiro atoms. The van der Waals surface area contributed by atoms with E-state index in [4.69, 9.17) is 11.5 Å². The Hall–Kier alpha value is -1.89. The van der Waals surface area contributed by atoms with Gasteiger partial charge < -0.3 is 16.5 Å². The van der Waals surface area contributed by atoms with E-state index in [0.29, 0.717) is 17.6 Å². The van der Waals surface area contributed by atoms with Crippen molar-refractivity contribution in [3.8, 4) is 0 Å². The zero-order chi connectivity index (χ0) is 11.0. The van der Waals surface area contributed by atoms with Crippen molar-refractivity contribution in [2.75, 3.05) is 5.73 Å². The number of aromatic amines is 1. The minimum Gasteiger partial charge on any atom is -0.369 e. The van der Waals surface area contributed by atoms with Crippen LogP contribution in [0.15, 0.2) is 11.1 Å². The molecule has 80 valence electrons. The molecule has 0 aliphatic heterocycles. The number of aromatic nitrogens is 4. The second-order valence-electron chi connectivity index (χ2n) is 3.22. The Morgan fingerprint density at radius 1 is 1.67 bits per heavy atom. The number of fused-ring (bicyclic) bond motifs is 1. The van der Waals surface area contributed by atoms with Gasteiger partial charge >= 0.3 is 0 Å². The van der Waals surface area contributed by atoms with E-state index in [-0.39, 0.29) is 11.5 Å². The number of nitrogens with two attached hydrogens (primary N) is 2. The first-order valence-electron chi connectivity index (χ1n) is 4.61. The van der Waals surface area contributed by atoms with Crippen molar-refractivity contribution in [3.05, 3.63) is 16.7 Å². The zero-order valence-corrected chi connectivity index (χ0v) is 8.27. The molecule has 0 saturated heterocycles. The Labute approximate surface area is 85.1 Å². The Morgan fingerprint density at radius 2 is 2.40 bits per heavy atom. The number of hydrogen-bond donors (Lipinski definition) is 3. The van der Waals surface area contributed by atoms with Gasteiger partial charge in [0.15, 0.2) is 11.2 Å². The van der Waals surface area contributed by atoms with Crippen molar-refractivity contribution >= 4 is 17.1 Å². The maximum Gasteiger partial charge on any atom is 0.282 e. The molecule has 2 aromatic rings. The number of anilines is 1. The van der Waals surface area contributed by atoms with Crippen LogP contribution in [0.3, 0.4) is 0 Å². The summed E-state index contributed by atoms with van der Waals surface area (Å²) in [5, 5.41) is 0. The van der Waals surface area contributed by atoms with E-state index >= 15 is 0 Å². The molecule has 0 aliphatic rings. The number of hydrogen-bond acceptors (Lipinski definition) is 5. The van der Waals surface area contributed by atoms with Crippen LogP contribution in [0.2, 0.25) is 0 Å². The summed E-state index contributed by atoms with van der Waals surface area (Å²) in [7, 11) is 0. The molecule has 15 heavy (non-hydrogen) atoms. The largest absolute Gasteiger partial charge is 0.369 e. The smallest absolute Gasteiger partial charge is 0.282 e. The molecule has 1 unspecified atom stereocenters. The molecular formula is C8H12N6O. The molecule has 1 atom stereocenters. The molecule has 2 rings (SSSR count). The molecule has 2 aromatic heterocycles. The van der Waals surface area contributed by atoms with Crippen LogP contribution in [-0.2, 0) is 0 Å². The van der Waals surface area contributed by atoms with Crippen molar-refractivity contribution in [2.24, 2.45) is 5.73 Å². The Balaban J connectivity index is 2.78. The average molecular weight is 208 g/mol. The van der Waals surface area contributed by atoms with Crippen molar-refractivity contribution in [1.29, 1.82) is 0 Å². The van der Waals surface area contributed by atoms with Crippen LogP contribution < -0.4 is 17.0 Å². The first kappa shape index (κ1) is 9.66. The van der Waals surface area contributed by atoms with Crippen LogP contribution in [0, 0.1) is 0 Å². The van der Waals surface area contributed by atoms with Crippen LogP contribution in [0.25, 0.3) is 11.2 Å². The van der Waals surface area contributed by atoms with E-state index in [0.717, 1.165) is 0 Å². The van der Waals surface area contributed by atoms with Crippen LogP contribution >= 0.6 is 0 Å². The minimum atomic E-state index is -0.460. The maximum atomic E-state index is 11.9. The van der Waals surface area contributed by atoms with Crippen LogP contribution in [-0.4, -0.2) is 19.5 Å². The zero-order valence-electron chi connectivity index (χ0n) is 8.27. The van der Waals surface area contributed by atoms with E-state index in [2.05, 4.69) is 15.0 Å². The predicted octanol–water partition coefficient (Wildman–Crippen LogP) is -0.431. The Bertz CT molecular complexity index is 542. The molecule has 7 heteroatoms. The first-order chi connectivity index (χ1) is 7.15. The molecule has 0 aromatic carbocycles. The van der Waals surface area contributed by atoms with Gasteiger partial charge in [-0.15, -0.1) is 0 Å². The molecule has 0 amide bonds. The predicted molar refractivity (Wildman–Crippen MR) is 56.1 cm³/mol. The number of nitrogen functional groups attached to an aromatic ring is 1. The molecule has 5 N–H and O–H groups in total. The summed E-state index contributed by atoms with van der Waals surface area (Å²) in [5.74, 6) is 0.0916. The summed E-state index contributed by atoms with van der Waals surface area (Å²) in [6.07, 6.45) is 1.55. The van der Waals surface area contributed by atoms with Gasteiger partial charge in [0.2, 0.25) is 5.95 Å². The number of H-pyrrole nitrogens is 1. The fraction of sp³-hybridized carbons (Fsp3) is 0.375. The highest BCUT2D eigenvalue weighted by Gasteiger charge is 2.14. The summed E-state index contributed by atoms with van der Waals surface area (Å²) in [5.41, 5.74) is 11.8. The molecular weight excluding hydrogens is 196 g/mol. The number of nitrogens with one attached hydrogen (secondary N) is 1. The van der Waals surface area contributed by atoms with Crippen LogP contribution in [0.4, 0.5) is 5.95 Å². The fourth-order valence-electron chi connectivity index (χ4n) is 1.42. The quantitative estimate of drug-likeness (QED) is 0.619. The summed E-state index contributed by atoms with van der Waals surface area (Å²) in [6.45, 7) is 1.87. The van der Waals surface area contributed by atoms with Gasteiger partial charge in [0.25, 0.3) is 5.56 Å². The van der Waals surface area contributed by atoms with Crippen LogP contribution in [0.5, 0.6) is 0 Å². The van der Waals surface area contributed by atoms with Gasteiger partial charge in [-0.3, -0.25) is 9.36 Å². The maximum absolute atomic E-state index is 11.9. The summed E-state index contributed by atoms with van der Waals surface area (Å²) in [4.78, 5) is 22.5. The first-order valence-corrected chi connectivity index (χ1v) is 4.61. The van der Waals surface area contributed by atoms with Crippen molar-refractivity contribution in [2.45, 2.75) is 19.5 Å². The molecule has 0 radical (unpaired) electrons. The van der Waals surface area contributed by atoms with E-state index in [9.17, 15) is 4.79 Å². The van der Waals surface area contributed by atoms with Gasteiger partial charge in [0.1, 0.15) is 0 Å². The lowest BCUT2D eigenvalue weighted by molar-refractivity contribution is 0.494. The van der Waals surface area contributed by atoms with Gasteiger partial charge in [0.05, 0.1) is 12.5 Å². The van der Waals surface area contributed by atoms with Crippen molar-refractivity contribution < 1.29 is 0 Å². The normalized spacial score (nSPS) is 13.2. The molecule has 0 aliphatic carbocycles. The molecule has 7 nitrogen and oxygen atoms in total. The molecule has 0 saturated carbocycles. The van der Waals surface area contributed by atoms with E-state index in [1.807, 2.05) is 6.92 Å². The fourth-order valence-corrected chi connectivity index (χ4v) is 1.42. The highest BCUT2D eigenvalue weighted by Crippen LogP contribution is 2.09. The standard InChI is InChI=1S/C8H12N6O/c1-2-4(9)14-7(15)5-6(12-3-11-5)13-8(14)10/h3-4H,2,9H2,1H3,(H2,10,13)(H,11,12). The molecule has 0 bridgehead atoms. The summed E-state index contributed by atoms with van der Waals surface area (Å²) in [6, 6.07) is 0. The third kappa shape index (κ3) is 1.37. The Kier molecular flexibility index (Phi) is 2.16. The average Bonchev–Trinajstić information content (AvgIpc) is 2.65. The lowest BCUT2D eigenvalue weighted by atomic mass is 10.3. The molecule has 2 heterocycles.